The van der Waals surface area contributed by atoms with Gasteiger partial charge in [0.25, 0.3) is 0 Å². The van der Waals surface area contributed by atoms with Crippen molar-refractivity contribution in [2.24, 2.45) is 5.92 Å². The fourth-order valence-corrected chi connectivity index (χ4v) is 13.8. The highest BCUT2D eigenvalue weighted by atomic mass is 31.2. The summed E-state index contributed by atoms with van der Waals surface area (Å²) in [7, 11) is -9.91. The smallest absolute Gasteiger partial charge is 0.462 e. The van der Waals surface area contributed by atoms with Gasteiger partial charge in [-0.05, 0) is 31.6 Å². The number of rotatable bonds is 79. The molecule has 98 heavy (non-hydrogen) atoms. The first kappa shape index (κ1) is 96.1. The molecule has 0 aliphatic rings. The SMILES string of the molecule is CCCCCCCCCCCCCCCCCCCCCCCC(=O)O[C@H](COC(=O)CCCCCCCCCCCCCCCCCCCCC)COP(=O)(O)OC[C@@H](O)COP(=O)(O)OC[C@@H](COC(=O)CCCCCCCCCCC)OC(=O)CCCCCCCCC(C)C. The Morgan fingerprint density at radius 1 is 0.276 bits per heavy atom. The van der Waals surface area contributed by atoms with Gasteiger partial charge in [0.05, 0.1) is 26.4 Å². The zero-order valence-corrected chi connectivity index (χ0v) is 65.7. The van der Waals surface area contributed by atoms with Crippen LogP contribution in [0.15, 0.2) is 0 Å². The lowest BCUT2D eigenvalue weighted by Crippen LogP contribution is -2.30. The van der Waals surface area contributed by atoms with Gasteiger partial charge in [0.15, 0.2) is 12.2 Å². The van der Waals surface area contributed by atoms with Crippen LogP contribution in [0.5, 0.6) is 0 Å². The molecule has 3 N–H and O–H groups in total. The lowest BCUT2D eigenvalue weighted by molar-refractivity contribution is -0.161. The molecule has 0 aromatic carbocycles. The van der Waals surface area contributed by atoms with Crippen LogP contribution in [0.25, 0.3) is 0 Å². The van der Waals surface area contributed by atoms with Crippen LogP contribution in [0.3, 0.4) is 0 Å². The normalized spacial score (nSPS) is 13.9. The van der Waals surface area contributed by atoms with Gasteiger partial charge in [-0.1, -0.05) is 369 Å². The predicted molar refractivity (Wildman–Crippen MR) is 400 cm³/mol. The molecular formula is C79H154O17P2. The number of esters is 4. The molecule has 0 aliphatic carbocycles. The van der Waals surface area contributed by atoms with Gasteiger partial charge in [-0.15, -0.1) is 0 Å². The molecule has 0 aliphatic heterocycles. The molecule has 19 heteroatoms. The van der Waals surface area contributed by atoms with Crippen molar-refractivity contribution in [1.29, 1.82) is 0 Å². The number of ether oxygens (including phenoxy) is 4. The molecule has 0 aromatic rings. The Morgan fingerprint density at radius 2 is 0.469 bits per heavy atom. The summed E-state index contributed by atoms with van der Waals surface area (Å²) in [6.45, 7) is 7.19. The van der Waals surface area contributed by atoms with Crippen LogP contribution < -0.4 is 0 Å². The van der Waals surface area contributed by atoms with Crippen molar-refractivity contribution in [1.82, 2.24) is 0 Å². The van der Waals surface area contributed by atoms with Crippen molar-refractivity contribution < 1.29 is 80.2 Å². The van der Waals surface area contributed by atoms with Crippen molar-refractivity contribution >= 4 is 39.5 Å². The van der Waals surface area contributed by atoms with Crippen LogP contribution in [0.1, 0.15) is 420 Å². The minimum absolute atomic E-state index is 0.103. The maximum Gasteiger partial charge on any atom is 0.472 e. The van der Waals surface area contributed by atoms with E-state index in [-0.39, 0.29) is 25.7 Å². The molecule has 0 amide bonds. The minimum Gasteiger partial charge on any atom is -0.462 e. The van der Waals surface area contributed by atoms with Crippen molar-refractivity contribution in [2.45, 2.75) is 438 Å². The number of aliphatic hydroxyl groups is 1. The van der Waals surface area contributed by atoms with Crippen LogP contribution in [0.4, 0.5) is 0 Å². The first-order valence-corrected chi connectivity index (χ1v) is 44.1. The lowest BCUT2D eigenvalue weighted by atomic mass is 10.0. The average Bonchev–Trinajstić information content (AvgIpc) is 1.05. The van der Waals surface area contributed by atoms with E-state index in [1.54, 1.807) is 0 Å². The van der Waals surface area contributed by atoms with Gasteiger partial charge in [0, 0.05) is 25.7 Å². The van der Waals surface area contributed by atoms with Gasteiger partial charge >= 0.3 is 39.5 Å². The number of aliphatic hydroxyl groups excluding tert-OH is 1. The number of phosphoric acid groups is 2. The van der Waals surface area contributed by atoms with E-state index in [0.717, 1.165) is 89.9 Å². The molecule has 0 spiro atoms. The predicted octanol–water partition coefficient (Wildman–Crippen LogP) is 23.6. The first-order chi connectivity index (χ1) is 47.5. The average molecular weight is 1440 g/mol. The Bertz CT molecular complexity index is 1870. The fourth-order valence-electron chi connectivity index (χ4n) is 12.2. The molecule has 2 unspecified atom stereocenters. The third kappa shape index (κ3) is 72.4. The number of carbonyl (C=O) groups is 4. The number of carbonyl (C=O) groups excluding carboxylic acids is 4. The summed E-state index contributed by atoms with van der Waals surface area (Å²) in [6, 6.07) is 0. The van der Waals surface area contributed by atoms with Gasteiger partial charge in [0.2, 0.25) is 0 Å². The maximum atomic E-state index is 13.1. The summed E-state index contributed by atoms with van der Waals surface area (Å²) in [5, 5.41) is 10.6. The van der Waals surface area contributed by atoms with Crippen LogP contribution >= 0.6 is 15.6 Å². The second kappa shape index (κ2) is 72.0. The molecule has 0 heterocycles. The van der Waals surface area contributed by atoms with Crippen molar-refractivity contribution in [3.05, 3.63) is 0 Å². The molecule has 0 bridgehead atoms. The Hall–Kier alpha value is -1.94. The van der Waals surface area contributed by atoms with Crippen molar-refractivity contribution in [2.75, 3.05) is 39.6 Å². The van der Waals surface area contributed by atoms with E-state index in [0.29, 0.717) is 31.6 Å². The highest BCUT2D eigenvalue weighted by Gasteiger charge is 2.30. The van der Waals surface area contributed by atoms with Crippen molar-refractivity contribution in [3.63, 3.8) is 0 Å². The van der Waals surface area contributed by atoms with E-state index in [1.807, 2.05) is 0 Å². The van der Waals surface area contributed by atoms with E-state index in [2.05, 4.69) is 34.6 Å². The third-order valence-corrected chi connectivity index (χ3v) is 20.4. The molecule has 0 saturated heterocycles. The standard InChI is InChI=1S/C79H154O17P2/c1-6-9-12-15-18-21-23-25-27-29-31-32-34-36-38-40-42-45-48-54-59-64-78(83)95-74(68-90-77(82)63-58-53-47-44-41-39-37-35-33-30-28-26-24-22-19-16-13-10-7-2)70-93-97(85,86)91-66-73(80)67-92-98(87,88)94-71-75(96-79(84)65-60-55-50-49-51-56-61-72(4)5)69-89-76(81)62-57-52-46-43-20-17-14-11-8-3/h72-75,80H,6-71H2,1-5H3,(H,85,86)(H,87,88)/t73-,74-,75-/m1/s1. The van der Waals surface area contributed by atoms with Gasteiger partial charge in [0.1, 0.15) is 19.3 Å². The van der Waals surface area contributed by atoms with Crippen LogP contribution in [-0.4, -0.2) is 96.7 Å². The second-order valence-electron chi connectivity index (χ2n) is 28.9. The molecule has 17 nitrogen and oxygen atoms in total. The van der Waals surface area contributed by atoms with Gasteiger partial charge < -0.3 is 33.8 Å². The quantitative estimate of drug-likeness (QED) is 0.0222. The Morgan fingerprint density at radius 3 is 0.694 bits per heavy atom. The van der Waals surface area contributed by atoms with E-state index in [1.165, 1.54) is 244 Å². The third-order valence-electron chi connectivity index (χ3n) is 18.5. The monoisotopic (exact) mass is 1440 g/mol. The van der Waals surface area contributed by atoms with Gasteiger partial charge in [-0.3, -0.25) is 37.3 Å². The molecule has 582 valence electrons. The van der Waals surface area contributed by atoms with Crippen LogP contribution in [0, 0.1) is 5.92 Å². The summed E-state index contributed by atoms with van der Waals surface area (Å²) in [5.74, 6) is -1.45. The topological polar surface area (TPSA) is 237 Å². The largest absolute Gasteiger partial charge is 0.472 e. The molecule has 0 fully saturated rings. The Labute approximate surface area is 600 Å². The van der Waals surface area contributed by atoms with Crippen LogP contribution in [0.2, 0.25) is 0 Å². The molecular weight excluding hydrogens is 1280 g/mol. The number of hydrogen-bond donors (Lipinski definition) is 3. The number of hydrogen-bond acceptors (Lipinski definition) is 15. The van der Waals surface area contributed by atoms with Crippen LogP contribution in [-0.2, 0) is 65.4 Å². The highest BCUT2D eigenvalue weighted by molar-refractivity contribution is 7.47. The van der Waals surface area contributed by atoms with Gasteiger partial charge in [-0.25, -0.2) is 9.13 Å². The van der Waals surface area contributed by atoms with E-state index in [9.17, 15) is 43.2 Å². The lowest BCUT2D eigenvalue weighted by Gasteiger charge is -2.21. The number of phosphoric ester groups is 2. The summed E-state index contributed by atoms with van der Waals surface area (Å²) < 4.78 is 68.5. The summed E-state index contributed by atoms with van der Waals surface area (Å²) >= 11 is 0. The zero-order chi connectivity index (χ0) is 71.9. The van der Waals surface area contributed by atoms with E-state index < -0.39 is 97.5 Å². The summed E-state index contributed by atoms with van der Waals surface area (Å²) in [4.78, 5) is 72.8. The molecule has 0 rings (SSSR count). The molecule has 5 atom stereocenters. The molecule has 0 aromatic heterocycles. The molecule has 0 radical (unpaired) electrons. The highest BCUT2D eigenvalue weighted by Crippen LogP contribution is 2.45. The van der Waals surface area contributed by atoms with E-state index >= 15 is 0 Å². The van der Waals surface area contributed by atoms with E-state index in [4.69, 9.17) is 37.0 Å². The fraction of sp³-hybridized carbons (Fsp3) is 0.949. The Kier molecular flexibility index (Phi) is 70.6. The molecule has 0 saturated carbocycles. The van der Waals surface area contributed by atoms with Gasteiger partial charge in [-0.2, -0.15) is 0 Å². The maximum absolute atomic E-state index is 13.1. The summed E-state index contributed by atoms with van der Waals surface area (Å²) in [5.41, 5.74) is 0. The second-order valence-corrected chi connectivity index (χ2v) is 31.8. The number of unbranched alkanes of at least 4 members (excludes halogenated alkanes) is 51. The van der Waals surface area contributed by atoms with Crippen molar-refractivity contribution in [3.8, 4) is 0 Å². The first-order valence-electron chi connectivity index (χ1n) is 41.1. The minimum atomic E-state index is -4.96. The zero-order valence-electron chi connectivity index (χ0n) is 63.9. The Balaban J connectivity index is 5.16. The summed E-state index contributed by atoms with van der Waals surface area (Å²) in [6.07, 6.45) is 62.9.